The van der Waals surface area contributed by atoms with Gasteiger partial charge in [-0.05, 0) is 24.8 Å². The first-order valence-corrected chi connectivity index (χ1v) is 4.62. The molecule has 1 N–H and O–H groups in total. The van der Waals surface area contributed by atoms with Crippen LogP contribution in [0.2, 0.25) is 0 Å². The Balaban J connectivity index is 2.20. The summed E-state index contributed by atoms with van der Waals surface area (Å²) in [6, 6.07) is 10.00. The lowest BCUT2D eigenvalue weighted by atomic mass is 10.1. The molecule has 0 spiro atoms. The van der Waals surface area contributed by atoms with Crippen molar-refractivity contribution >= 4 is 0 Å². The molecular formula is C11H15FO. The number of alkyl halides is 1. The van der Waals surface area contributed by atoms with Gasteiger partial charge in [-0.1, -0.05) is 30.3 Å². The lowest BCUT2D eigenvalue weighted by Gasteiger charge is -2.03. The highest BCUT2D eigenvalue weighted by molar-refractivity contribution is 5.14. The van der Waals surface area contributed by atoms with Gasteiger partial charge in [0.2, 0.25) is 0 Å². The Morgan fingerprint density at radius 2 is 1.92 bits per heavy atom. The van der Waals surface area contributed by atoms with E-state index in [4.69, 9.17) is 5.11 Å². The van der Waals surface area contributed by atoms with Crippen molar-refractivity contribution in [2.75, 3.05) is 6.61 Å². The van der Waals surface area contributed by atoms with Gasteiger partial charge in [-0.3, -0.25) is 0 Å². The normalized spacial score (nSPS) is 12.8. The van der Waals surface area contributed by atoms with E-state index in [2.05, 4.69) is 0 Å². The summed E-state index contributed by atoms with van der Waals surface area (Å²) in [7, 11) is 0. The van der Waals surface area contributed by atoms with Crippen LogP contribution in [0.4, 0.5) is 4.39 Å². The highest BCUT2D eigenvalue weighted by Gasteiger charge is 2.03. The zero-order valence-electron chi connectivity index (χ0n) is 7.62. The lowest BCUT2D eigenvalue weighted by molar-refractivity contribution is 0.168. The van der Waals surface area contributed by atoms with Crippen LogP contribution >= 0.6 is 0 Å². The number of aliphatic hydroxyl groups excluding tert-OH is 1. The van der Waals surface area contributed by atoms with E-state index in [9.17, 15) is 4.39 Å². The summed E-state index contributed by atoms with van der Waals surface area (Å²) in [5.74, 6) is 0. The van der Waals surface area contributed by atoms with Crippen LogP contribution < -0.4 is 0 Å². The quantitative estimate of drug-likeness (QED) is 0.741. The predicted octanol–water partition coefficient (Wildman–Crippen LogP) is 2.34. The molecule has 0 saturated carbocycles. The van der Waals surface area contributed by atoms with Gasteiger partial charge in [0.1, 0.15) is 6.17 Å². The van der Waals surface area contributed by atoms with E-state index < -0.39 is 6.17 Å². The van der Waals surface area contributed by atoms with Gasteiger partial charge in [0.25, 0.3) is 0 Å². The largest absolute Gasteiger partial charge is 0.393 e. The fraction of sp³-hybridized carbons (Fsp3) is 0.455. The average molecular weight is 182 g/mol. The molecule has 1 aromatic rings. The maximum absolute atomic E-state index is 12.6. The number of hydrogen-bond acceptors (Lipinski definition) is 1. The number of aryl methyl sites for hydroxylation is 1. The van der Waals surface area contributed by atoms with Crippen LogP contribution in [0.5, 0.6) is 0 Å². The van der Waals surface area contributed by atoms with Crippen molar-refractivity contribution < 1.29 is 9.50 Å². The topological polar surface area (TPSA) is 20.2 Å². The lowest BCUT2D eigenvalue weighted by Crippen LogP contribution is -2.05. The van der Waals surface area contributed by atoms with Crippen molar-refractivity contribution in [3.8, 4) is 0 Å². The zero-order chi connectivity index (χ0) is 9.52. The molecule has 0 saturated heterocycles. The van der Waals surface area contributed by atoms with Crippen molar-refractivity contribution in [2.45, 2.75) is 25.4 Å². The standard InChI is InChI=1S/C11H15FO/c12-11(9-13)8-4-7-10-5-2-1-3-6-10/h1-3,5-6,11,13H,4,7-9H2. The van der Waals surface area contributed by atoms with Gasteiger partial charge in [0.15, 0.2) is 0 Å². The first kappa shape index (κ1) is 10.2. The van der Waals surface area contributed by atoms with Crippen LogP contribution in [0.25, 0.3) is 0 Å². The SMILES string of the molecule is OCC(F)CCCc1ccccc1. The number of halogens is 1. The Morgan fingerprint density at radius 3 is 2.54 bits per heavy atom. The maximum atomic E-state index is 12.6. The Morgan fingerprint density at radius 1 is 1.23 bits per heavy atom. The van der Waals surface area contributed by atoms with Gasteiger partial charge in [-0.15, -0.1) is 0 Å². The van der Waals surface area contributed by atoms with E-state index in [0.717, 1.165) is 12.8 Å². The summed E-state index contributed by atoms with van der Waals surface area (Å²) in [5, 5.41) is 8.46. The molecular weight excluding hydrogens is 167 g/mol. The first-order chi connectivity index (χ1) is 6.33. The molecule has 0 bridgehead atoms. The zero-order valence-corrected chi connectivity index (χ0v) is 7.62. The summed E-state index contributed by atoms with van der Waals surface area (Å²) in [4.78, 5) is 0. The van der Waals surface area contributed by atoms with Crippen molar-refractivity contribution in [1.29, 1.82) is 0 Å². The van der Waals surface area contributed by atoms with Crippen molar-refractivity contribution in [1.82, 2.24) is 0 Å². The molecule has 0 fully saturated rings. The van der Waals surface area contributed by atoms with Crippen molar-refractivity contribution in [3.63, 3.8) is 0 Å². The molecule has 13 heavy (non-hydrogen) atoms. The third-order valence-corrected chi connectivity index (χ3v) is 2.02. The minimum Gasteiger partial charge on any atom is -0.393 e. The van der Waals surface area contributed by atoms with E-state index >= 15 is 0 Å². The average Bonchev–Trinajstić information content (AvgIpc) is 2.19. The molecule has 0 aromatic heterocycles. The number of benzene rings is 1. The van der Waals surface area contributed by atoms with Crippen LogP contribution in [0.15, 0.2) is 30.3 Å². The maximum Gasteiger partial charge on any atom is 0.123 e. The van der Waals surface area contributed by atoms with Gasteiger partial charge in [0.05, 0.1) is 6.61 Å². The van der Waals surface area contributed by atoms with Crippen molar-refractivity contribution in [3.05, 3.63) is 35.9 Å². The smallest absolute Gasteiger partial charge is 0.123 e. The van der Waals surface area contributed by atoms with Crippen LogP contribution in [-0.4, -0.2) is 17.9 Å². The van der Waals surface area contributed by atoms with Gasteiger partial charge in [-0.25, -0.2) is 4.39 Å². The van der Waals surface area contributed by atoms with Gasteiger partial charge in [0, 0.05) is 0 Å². The minimum atomic E-state index is -1.05. The molecule has 0 heterocycles. The third-order valence-electron chi connectivity index (χ3n) is 2.02. The monoisotopic (exact) mass is 182 g/mol. The Hall–Kier alpha value is -0.890. The van der Waals surface area contributed by atoms with Crippen LogP contribution in [0.1, 0.15) is 18.4 Å². The molecule has 1 aromatic carbocycles. The molecule has 0 aliphatic heterocycles. The Labute approximate surface area is 78.2 Å². The summed E-state index contributed by atoms with van der Waals surface area (Å²) in [5.41, 5.74) is 1.23. The van der Waals surface area contributed by atoms with Gasteiger partial charge < -0.3 is 5.11 Å². The highest BCUT2D eigenvalue weighted by atomic mass is 19.1. The van der Waals surface area contributed by atoms with Gasteiger partial charge >= 0.3 is 0 Å². The van der Waals surface area contributed by atoms with Crippen LogP contribution in [0, 0.1) is 0 Å². The van der Waals surface area contributed by atoms with E-state index in [0.29, 0.717) is 6.42 Å². The fourth-order valence-corrected chi connectivity index (χ4v) is 1.26. The summed E-state index contributed by atoms with van der Waals surface area (Å²) in [6.45, 7) is -0.352. The molecule has 1 unspecified atom stereocenters. The fourth-order valence-electron chi connectivity index (χ4n) is 1.26. The number of hydrogen-bond donors (Lipinski definition) is 1. The number of aliphatic hydroxyl groups is 1. The molecule has 0 radical (unpaired) electrons. The molecule has 0 aliphatic rings. The van der Waals surface area contributed by atoms with E-state index in [1.165, 1.54) is 5.56 Å². The number of rotatable bonds is 5. The van der Waals surface area contributed by atoms with Crippen LogP contribution in [0.3, 0.4) is 0 Å². The molecule has 1 atom stereocenters. The summed E-state index contributed by atoms with van der Waals surface area (Å²) < 4.78 is 12.6. The second-order valence-electron chi connectivity index (χ2n) is 3.16. The van der Waals surface area contributed by atoms with Gasteiger partial charge in [-0.2, -0.15) is 0 Å². The predicted molar refractivity (Wildman–Crippen MR) is 51.4 cm³/mol. The highest BCUT2D eigenvalue weighted by Crippen LogP contribution is 2.07. The third kappa shape index (κ3) is 4.04. The molecule has 1 nitrogen and oxygen atoms in total. The van der Waals surface area contributed by atoms with E-state index in [1.807, 2.05) is 30.3 Å². The Bertz CT molecular complexity index is 223. The van der Waals surface area contributed by atoms with E-state index in [1.54, 1.807) is 0 Å². The molecule has 0 aliphatic carbocycles. The second-order valence-corrected chi connectivity index (χ2v) is 3.16. The van der Waals surface area contributed by atoms with Crippen LogP contribution in [-0.2, 0) is 6.42 Å². The molecule has 72 valence electrons. The minimum absolute atomic E-state index is 0.352. The Kier molecular flexibility index (Phi) is 4.47. The molecule has 0 amide bonds. The summed E-state index contributed by atoms with van der Waals surface area (Å²) in [6.07, 6.45) is 1.09. The summed E-state index contributed by atoms with van der Waals surface area (Å²) >= 11 is 0. The first-order valence-electron chi connectivity index (χ1n) is 4.62. The second kappa shape index (κ2) is 5.70. The van der Waals surface area contributed by atoms with Crippen molar-refractivity contribution in [2.24, 2.45) is 0 Å². The molecule has 2 heteroatoms. The molecule has 1 rings (SSSR count). The van der Waals surface area contributed by atoms with E-state index in [-0.39, 0.29) is 6.61 Å².